The Balaban J connectivity index is 2.72. The summed E-state index contributed by atoms with van der Waals surface area (Å²) in [6.45, 7) is 0. The summed E-state index contributed by atoms with van der Waals surface area (Å²) in [5.41, 5.74) is 0. The van der Waals surface area contributed by atoms with Gasteiger partial charge in [0.25, 0.3) is 0 Å². The van der Waals surface area contributed by atoms with E-state index in [1.807, 2.05) is 0 Å². The molecule has 0 heterocycles. The molecule has 1 aliphatic carbocycles. The molecule has 0 amide bonds. The van der Waals surface area contributed by atoms with E-state index in [-0.39, 0.29) is 11.8 Å². The van der Waals surface area contributed by atoms with Gasteiger partial charge in [-0.3, -0.25) is 4.79 Å². The molecule has 32 valence electrons. The van der Waals surface area contributed by atoms with Gasteiger partial charge in [0.1, 0.15) is 0 Å². The number of rotatable bonds is 0. The third-order valence-corrected chi connectivity index (χ3v) is 0.779. The molecule has 0 aromatic heterocycles. The minimum Gasteiger partial charge on any atom is -0.295 e. The Kier molecular flexibility index (Phi) is 0.533. The summed E-state index contributed by atoms with van der Waals surface area (Å²) < 4.78 is 6.85. The zero-order valence-corrected chi connectivity index (χ0v) is 3.40. The van der Waals surface area contributed by atoms with Crippen LogP contribution in [-0.4, -0.2) is 5.78 Å². The number of carbonyl (C=O) groups excluding carboxylic acids is 1. The smallest absolute Gasteiger partial charge is 0.155 e. The Labute approximate surface area is 38.1 Å². The molecule has 0 aromatic rings. The number of allylic oxidation sites excluding steroid dienone is 2. The molecule has 0 radical (unpaired) electrons. The summed E-state index contributed by atoms with van der Waals surface area (Å²) in [5, 5.41) is 0. The molecule has 0 atom stereocenters. The van der Waals surface area contributed by atoms with Crippen LogP contribution >= 0.6 is 0 Å². The molecular formula is C5H6O. The summed E-state index contributed by atoms with van der Waals surface area (Å²) in [7, 11) is 0. The highest BCUT2D eigenvalue weighted by Crippen LogP contribution is 2.01. The fraction of sp³-hybridized carbons (Fsp3) is 0.400. The number of hydrogen-bond acceptors (Lipinski definition) is 1. The molecule has 0 aromatic carbocycles. The van der Waals surface area contributed by atoms with Crippen LogP contribution in [0.3, 0.4) is 0 Å². The Hall–Kier alpha value is -0.590. The third-order valence-electron chi connectivity index (χ3n) is 0.779. The lowest BCUT2D eigenvalue weighted by Crippen LogP contribution is -1.80. The number of carbonyl (C=O) groups is 1. The third kappa shape index (κ3) is 0.482. The van der Waals surface area contributed by atoms with Crippen LogP contribution in [-0.2, 0) is 4.79 Å². The predicted molar refractivity (Wildman–Crippen MR) is 23.4 cm³/mol. The van der Waals surface area contributed by atoms with Crippen molar-refractivity contribution in [2.75, 3.05) is 0 Å². The first-order valence-corrected chi connectivity index (χ1v) is 2.00. The average molecular weight is 83.1 g/mol. The van der Waals surface area contributed by atoms with Crippen molar-refractivity contribution in [1.82, 2.24) is 0 Å². The maximum absolute atomic E-state index is 10.3. The van der Waals surface area contributed by atoms with Crippen molar-refractivity contribution < 1.29 is 6.17 Å². The van der Waals surface area contributed by atoms with Crippen LogP contribution in [0.1, 0.15) is 14.2 Å². The Bertz CT molecular complexity index is 126. The topological polar surface area (TPSA) is 17.1 Å². The molecule has 6 heavy (non-hydrogen) atoms. The van der Waals surface area contributed by atoms with Gasteiger partial charge in [0, 0.05) is 6.42 Å². The van der Waals surface area contributed by atoms with Gasteiger partial charge >= 0.3 is 0 Å². The second-order valence-corrected chi connectivity index (χ2v) is 1.31. The van der Waals surface area contributed by atoms with Gasteiger partial charge in [0.2, 0.25) is 0 Å². The van der Waals surface area contributed by atoms with Crippen molar-refractivity contribution in [3.63, 3.8) is 0 Å². The SMILES string of the molecule is [2H]C1=CCCC1=O. The van der Waals surface area contributed by atoms with E-state index < -0.39 is 0 Å². The van der Waals surface area contributed by atoms with Crippen LogP contribution in [0, 0.1) is 0 Å². The standard InChI is InChI=1S/C5H6O/c6-5-3-1-2-4-5/h1,3H,2,4H2/i3D. The van der Waals surface area contributed by atoms with Gasteiger partial charge < -0.3 is 0 Å². The fourth-order valence-electron chi connectivity index (χ4n) is 0.461. The van der Waals surface area contributed by atoms with E-state index in [1.54, 1.807) is 6.08 Å². The van der Waals surface area contributed by atoms with Crippen molar-refractivity contribution >= 4 is 5.78 Å². The van der Waals surface area contributed by atoms with E-state index in [1.165, 1.54) is 0 Å². The van der Waals surface area contributed by atoms with Gasteiger partial charge in [-0.2, -0.15) is 0 Å². The number of ketones is 1. The first kappa shape index (κ1) is 2.56. The highest BCUT2D eigenvalue weighted by Gasteiger charge is 1.98. The molecule has 1 nitrogen and oxygen atoms in total. The zero-order valence-electron chi connectivity index (χ0n) is 4.40. The second-order valence-electron chi connectivity index (χ2n) is 1.31. The predicted octanol–water partition coefficient (Wildman–Crippen LogP) is 0.905. The minimum atomic E-state index is -0.0139. The molecule has 1 rings (SSSR count). The highest BCUT2D eigenvalue weighted by molar-refractivity contribution is 5.91. The summed E-state index contributed by atoms with van der Waals surface area (Å²) in [4.78, 5) is 10.3. The van der Waals surface area contributed by atoms with Gasteiger partial charge in [-0.15, -0.1) is 0 Å². The quantitative estimate of drug-likeness (QED) is 0.425. The van der Waals surface area contributed by atoms with E-state index in [0.29, 0.717) is 6.42 Å². The summed E-state index contributed by atoms with van der Waals surface area (Å²) in [6.07, 6.45) is 2.98. The molecule has 0 aliphatic heterocycles. The number of hydrogen-bond donors (Lipinski definition) is 0. The van der Waals surface area contributed by atoms with Gasteiger partial charge in [-0.25, -0.2) is 0 Å². The van der Waals surface area contributed by atoms with Crippen molar-refractivity contribution in [3.05, 3.63) is 12.1 Å². The van der Waals surface area contributed by atoms with Crippen LogP contribution in [0.2, 0.25) is 0 Å². The van der Waals surface area contributed by atoms with Crippen LogP contribution < -0.4 is 0 Å². The summed E-state index contributed by atoms with van der Waals surface area (Å²) in [5.74, 6) is -0.0139. The molecule has 0 saturated heterocycles. The van der Waals surface area contributed by atoms with E-state index in [0.717, 1.165) is 6.42 Å². The molecule has 1 aliphatic rings. The first-order chi connectivity index (χ1) is 3.30. The van der Waals surface area contributed by atoms with Gasteiger partial charge in [0.15, 0.2) is 5.78 Å². The lowest BCUT2D eigenvalue weighted by molar-refractivity contribution is -0.114. The van der Waals surface area contributed by atoms with Gasteiger partial charge in [0.05, 0.1) is 1.37 Å². The monoisotopic (exact) mass is 83.0 g/mol. The van der Waals surface area contributed by atoms with Crippen LogP contribution in [0.4, 0.5) is 0 Å². The first-order valence-electron chi connectivity index (χ1n) is 2.50. The van der Waals surface area contributed by atoms with Crippen LogP contribution in [0.5, 0.6) is 0 Å². The molecule has 0 fully saturated rings. The molecular weight excluding hydrogens is 76.1 g/mol. The van der Waals surface area contributed by atoms with Crippen LogP contribution in [0.25, 0.3) is 0 Å². The van der Waals surface area contributed by atoms with Crippen LogP contribution in [0.15, 0.2) is 12.1 Å². The van der Waals surface area contributed by atoms with Gasteiger partial charge in [-0.1, -0.05) is 6.08 Å². The average Bonchev–Trinajstić information content (AvgIpc) is 1.91. The second kappa shape index (κ2) is 1.25. The molecule has 0 N–H and O–H groups in total. The van der Waals surface area contributed by atoms with Gasteiger partial charge in [-0.05, 0) is 12.5 Å². The van der Waals surface area contributed by atoms with Crippen molar-refractivity contribution in [2.45, 2.75) is 12.8 Å². The molecule has 1 heteroatoms. The van der Waals surface area contributed by atoms with E-state index in [9.17, 15) is 4.79 Å². The molecule has 0 unspecified atom stereocenters. The van der Waals surface area contributed by atoms with Crippen molar-refractivity contribution in [3.8, 4) is 0 Å². The highest BCUT2D eigenvalue weighted by atomic mass is 16.1. The largest absolute Gasteiger partial charge is 0.295 e. The van der Waals surface area contributed by atoms with E-state index in [2.05, 4.69) is 0 Å². The normalized spacial score (nSPS) is 23.7. The Morgan fingerprint density at radius 1 is 2.00 bits per heavy atom. The van der Waals surface area contributed by atoms with E-state index in [4.69, 9.17) is 1.37 Å². The molecule has 0 bridgehead atoms. The summed E-state index contributed by atoms with van der Waals surface area (Å²) in [6, 6.07) is 0.194. The minimum absolute atomic E-state index is 0.0139. The molecule has 0 spiro atoms. The molecule has 0 saturated carbocycles. The zero-order chi connectivity index (χ0) is 5.28. The Morgan fingerprint density at radius 2 is 2.83 bits per heavy atom. The lowest BCUT2D eigenvalue weighted by Gasteiger charge is -1.71. The lowest BCUT2D eigenvalue weighted by atomic mass is 10.3. The van der Waals surface area contributed by atoms with Crippen molar-refractivity contribution in [1.29, 1.82) is 0 Å². The van der Waals surface area contributed by atoms with E-state index >= 15 is 0 Å². The maximum Gasteiger partial charge on any atom is 0.155 e. The maximum atomic E-state index is 10.3. The van der Waals surface area contributed by atoms with Crippen molar-refractivity contribution in [2.24, 2.45) is 0 Å². The summed E-state index contributed by atoms with van der Waals surface area (Å²) >= 11 is 0. The fourth-order valence-corrected chi connectivity index (χ4v) is 0.461. The Morgan fingerprint density at radius 3 is 3.00 bits per heavy atom.